The summed E-state index contributed by atoms with van der Waals surface area (Å²) in [5.74, 6) is 0.0131. The number of hydrogen-bond donors (Lipinski definition) is 1. The zero-order chi connectivity index (χ0) is 26.6. The largest absolute Gasteiger partial charge is 0.413 e. The van der Waals surface area contributed by atoms with E-state index in [1.807, 2.05) is 24.9 Å². The molecule has 0 unspecified atom stereocenters. The molecule has 3 atom stereocenters. The monoisotopic (exact) mass is 510 g/mol. The van der Waals surface area contributed by atoms with Crippen molar-refractivity contribution in [2.45, 2.75) is 102 Å². The first-order valence-corrected chi connectivity index (χ1v) is 12.6. The van der Waals surface area contributed by atoms with Gasteiger partial charge in [0.2, 0.25) is 0 Å². The van der Waals surface area contributed by atoms with Crippen molar-refractivity contribution in [1.29, 1.82) is 10.5 Å². The van der Waals surface area contributed by atoms with Gasteiger partial charge in [-0.15, -0.1) is 0 Å². The topological polar surface area (TPSA) is 74.3 Å². The van der Waals surface area contributed by atoms with Gasteiger partial charge < -0.3 is 14.9 Å². The van der Waals surface area contributed by atoms with Crippen LogP contribution in [0.1, 0.15) is 79.1 Å². The lowest BCUT2D eigenvalue weighted by atomic mass is 9.73. The average molecular weight is 511 g/mol. The van der Waals surface area contributed by atoms with Crippen LogP contribution in [0, 0.1) is 28.6 Å². The standard InChI is InChI=1S/C26H37F3N4OS/c1-18-14-21(15-30)10-13-24(18,4)33(25(17-34)11-6-7-12-25)23(35)32(5)19(2)8-9-22(16-31)20(3)26(27,28)29/h14,18-19,34H,6-13,17H2,1-5H3/b22-20-/t18-,19+,24-/m0/s1. The van der Waals surface area contributed by atoms with Gasteiger partial charge in [0.1, 0.15) is 0 Å². The normalized spacial score (nSPS) is 25.6. The van der Waals surface area contributed by atoms with Crippen LogP contribution in [0.15, 0.2) is 22.8 Å². The second-order valence-corrected chi connectivity index (χ2v) is 10.7. The molecule has 0 heterocycles. The van der Waals surface area contributed by atoms with Gasteiger partial charge in [0.15, 0.2) is 5.11 Å². The zero-order valence-electron chi connectivity index (χ0n) is 21.4. The molecule has 0 saturated heterocycles. The van der Waals surface area contributed by atoms with E-state index in [9.17, 15) is 28.8 Å². The van der Waals surface area contributed by atoms with Gasteiger partial charge in [-0.25, -0.2) is 0 Å². The van der Waals surface area contributed by atoms with Crippen LogP contribution in [0.4, 0.5) is 13.2 Å². The molecule has 0 bridgehead atoms. The maximum absolute atomic E-state index is 13.1. The van der Waals surface area contributed by atoms with Gasteiger partial charge in [0.05, 0.1) is 24.3 Å². The molecule has 2 rings (SSSR count). The Hall–Kier alpha value is -2.10. The maximum atomic E-state index is 13.1. The van der Waals surface area contributed by atoms with Gasteiger partial charge in [-0.05, 0) is 77.4 Å². The van der Waals surface area contributed by atoms with Gasteiger partial charge in [0.25, 0.3) is 0 Å². The van der Waals surface area contributed by atoms with Gasteiger partial charge in [-0.2, -0.15) is 23.7 Å². The van der Waals surface area contributed by atoms with Crippen molar-refractivity contribution in [3.63, 3.8) is 0 Å². The highest BCUT2D eigenvalue weighted by Crippen LogP contribution is 2.46. The van der Waals surface area contributed by atoms with Gasteiger partial charge in [-0.1, -0.05) is 25.8 Å². The molecule has 0 spiro atoms. The van der Waals surface area contributed by atoms with Crippen molar-refractivity contribution in [3.8, 4) is 12.1 Å². The van der Waals surface area contributed by atoms with E-state index in [0.29, 0.717) is 24.4 Å². The minimum absolute atomic E-state index is 0.00302. The summed E-state index contributed by atoms with van der Waals surface area (Å²) in [5, 5.41) is 29.8. The molecule has 9 heteroatoms. The number of nitriles is 2. The van der Waals surface area contributed by atoms with E-state index in [1.165, 1.54) is 0 Å². The lowest BCUT2D eigenvalue weighted by Crippen LogP contribution is -2.67. The molecule has 1 fully saturated rings. The first kappa shape index (κ1) is 29.1. The van der Waals surface area contributed by atoms with Crippen LogP contribution < -0.4 is 0 Å². The number of aliphatic hydroxyl groups is 1. The second kappa shape index (κ2) is 11.3. The van der Waals surface area contributed by atoms with E-state index in [2.05, 4.69) is 24.8 Å². The van der Waals surface area contributed by atoms with E-state index >= 15 is 0 Å². The van der Waals surface area contributed by atoms with E-state index in [-0.39, 0.29) is 30.6 Å². The van der Waals surface area contributed by atoms with Gasteiger partial charge >= 0.3 is 6.18 Å². The van der Waals surface area contributed by atoms with Crippen molar-refractivity contribution in [2.75, 3.05) is 13.7 Å². The molecular formula is C26H37F3N4OS. The van der Waals surface area contributed by atoms with E-state index in [4.69, 9.17) is 12.2 Å². The lowest BCUT2D eigenvalue weighted by Gasteiger charge is -2.57. The molecule has 0 aromatic rings. The Morgan fingerprint density at radius 1 is 1.29 bits per heavy atom. The van der Waals surface area contributed by atoms with Crippen molar-refractivity contribution < 1.29 is 18.3 Å². The van der Waals surface area contributed by atoms with Crippen LogP contribution in [-0.2, 0) is 0 Å². The molecular weight excluding hydrogens is 473 g/mol. The first-order valence-electron chi connectivity index (χ1n) is 12.2. The molecule has 2 aliphatic carbocycles. The Morgan fingerprint density at radius 2 is 1.89 bits per heavy atom. The Kier molecular flexibility index (Phi) is 9.41. The molecule has 194 valence electrons. The Bertz CT molecular complexity index is 940. The third kappa shape index (κ3) is 6.01. The minimum atomic E-state index is -4.52. The molecule has 2 aliphatic rings. The number of rotatable bonds is 7. The maximum Gasteiger partial charge on any atom is 0.413 e. The van der Waals surface area contributed by atoms with Crippen molar-refractivity contribution in [3.05, 3.63) is 22.8 Å². The number of allylic oxidation sites excluding steroid dienone is 3. The summed E-state index contributed by atoms with van der Waals surface area (Å²) in [5.41, 5.74) is -1.30. The molecule has 1 saturated carbocycles. The average Bonchev–Trinajstić information content (AvgIpc) is 3.29. The number of hydrogen-bond acceptors (Lipinski definition) is 4. The van der Waals surface area contributed by atoms with Crippen LogP contribution >= 0.6 is 12.2 Å². The quantitative estimate of drug-likeness (QED) is 0.333. The molecule has 0 aliphatic heterocycles. The number of nitrogens with zero attached hydrogens (tertiary/aromatic N) is 4. The molecule has 0 radical (unpaired) electrons. The van der Waals surface area contributed by atoms with Crippen LogP contribution in [0.25, 0.3) is 0 Å². The number of halogens is 3. The van der Waals surface area contributed by atoms with Crippen LogP contribution in [0.3, 0.4) is 0 Å². The molecule has 0 amide bonds. The third-order valence-corrected chi connectivity index (χ3v) is 8.74. The molecule has 35 heavy (non-hydrogen) atoms. The summed E-state index contributed by atoms with van der Waals surface area (Å²) in [6.07, 6.45) is 2.71. The molecule has 1 N–H and O–H groups in total. The van der Waals surface area contributed by atoms with Crippen molar-refractivity contribution in [1.82, 2.24) is 9.80 Å². The fourth-order valence-electron chi connectivity index (χ4n) is 5.43. The van der Waals surface area contributed by atoms with E-state index in [1.54, 1.807) is 6.07 Å². The third-order valence-electron chi connectivity index (χ3n) is 8.27. The fourth-order valence-corrected chi connectivity index (χ4v) is 6.01. The van der Waals surface area contributed by atoms with Gasteiger partial charge in [0, 0.05) is 35.3 Å². The van der Waals surface area contributed by atoms with Crippen molar-refractivity contribution >= 4 is 17.3 Å². The number of aliphatic hydroxyl groups excluding tert-OH is 1. The predicted molar refractivity (Wildman–Crippen MR) is 134 cm³/mol. The number of thiocarbonyl (C=S) groups is 1. The number of alkyl halides is 3. The minimum Gasteiger partial charge on any atom is -0.394 e. The second-order valence-electron chi connectivity index (χ2n) is 10.4. The summed E-state index contributed by atoms with van der Waals surface area (Å²) in [7, 11) is 1.83. The zero-order valence-corrected chi connectivity index (χ0v) is 22.2. The summed E-state index contributed by atoms with van der Waals surface area (Å²) >= 11 is 6.03. The molecule has 0 aromatic carbocycles. The van der Waals surface area contributed by atoms with Crippen molar-refractivity contribution in [2.24, 2.45) is 5.92 Å². The molecule has 5 nitrogen and oxygen atoms in total. The van der Waals surface area contributed by atoms with Crippen LogP contribution in [0.5, 0.6) is 0 Å². The van der Waals surface area contributed by atoms with Crippen LogP contribution in [-0.4, -0.2) is 57.0 Å². The first-order chi connectivity index (χ1) is 16.3. The summed E-state index contributed by atoms with van der Waals surface area (Å²) in [6, 6.07) is 3.76. The summed E-state index contributed by atoms with van der Waals surface area (Å²) in [6.45, 7) is 6.99. The van der Waals surface area contributed by atoms with E-state index < -0.39 is 22.8 Å². The SMILES string of the molecule is C/C(=C(/C#N)CC[C@@H](C)N(C)C(=S)N(C1(CO)CCCC1)[C@@]1(C)CCC(C#N)=C[C@@H]1C)C(F)(F)F. The predicted octanol–water partition coefficient (Wildman–Crippen LogP) is 6.02. The lowest BCUT2D eigenvalue weighted by molar-refractivity contribution is -0.0920. The van der Waals surface area contributed by atoms with E-state index in [0.717, 1.165) is 38.2 Å². The summed E-state index contributed by atoms with van der Waals surface area (Å²) < 4.78 is 39.3. The fraction of sp³-hybridized carbons (Fsp3) is 0.731. The Balaban J connectivity index is 2.36. The highest BCUT2D eigenvalue weighted by Gasteiger charge is 2.52. The van der Waals surface area contributed by atoms with Crippen LogP contribution in [0.2, 0.25) is 0 Å². The van der Waals surface area contributed by atoms with Gasteiger partial charge in [-0.3, -0.25) is 0 Å². The highest BCUT2D eigenvalue weighted by atomic mass is 32.1. The Morgan fingerprint density at radius 3 is 2.34 bits per heavy atom. The summed E-state index contributed by atoms with van der Waals surface area (Å²) in [4.78, 5) is 4.08. The highest BCUT2D eigenvalue weighted by molar-refractivity contribution is 7.80. The molecule has 0 aromatic heterocycles. The smallest absolute Gasteiger partial charge is 0.394 e. The Labute approximate surface area is 212 Å².